The first-order valence-corrected chi connectivity index (χ1v) is 10.9. The van der Waals surface area contributed by atoms with Crippen molar-refractivity contribution in [2.24, 2.45) is 0 Å². The van der Waals surface area contributed by atoms with Crippen LogP contribution in [0.4, 0.5) is 14.9 Å². The zero-order valence-electron chi connectivity index (χ0n) is 20.5. The standard InChI is InChI=1S/C14H23B9ClFN4O4/c15-12(16,17)11(13(18,19)20,14(21,22)23)26-10(30)28-2-1-9(27-28)33-8-4-6(25)7(29(31)32)3-5(8)24/h1-4H,15-23H2,(H,26,30). The van der Waals surface area contributed by atoms with Gasteiger partial charge in [-0.25, -0.2) is 4.79 Å². The van der Waals surface area contributed by atoms with Crippen molar-refractivity contribution < 1.29 is 18.8 Å². The quantitative estimate of drug-likeness (QED) is 0.251. The summed E-state index contributed by atoms with van der Waals surface area (Å²) in [6.07, 6.45) is 1.42. The van der Waals surface area contributed by atoms with E-state index in [4.69, 9.17) is 16.3 Å². The Kier molecular flexibility index (Phi) is 7.34. The highest BCUT2D eigenvalue weighted by Crippen LogP contribution is 2.53. The molecule has 1 aromatic carbocycles. The van der Waals surface area contributed by atoms with Crippen LogP contribution in [-0.2, 0) is 0 Å². The molecule has 2 rings (SSSR count). The maximum absolute atomic E-state index is 14.0. The normalized spacial score (nSPS) is 12.8. The Balaban J connectivity index is 2.38. The molecule has 0 spiro atoms. The molecule has 0 unspecified atom stereocenters. The van der Waals surface area contributed by atoms with Crippen molar-refractivity contribution >= 4 is 93.9 Å². The first-order valence-electron chi connectivity index (χ1n) is 10.5. The van der Waals surface area contributed by atoms with Crippen molar-refractivity contribution in [3.63, 3.8) is 0 Å². The average molecular weight is 463 g/mol. The lowest BCUT2D eigenvalue weighted by Gasteiger charge is -2.63. The van der Waals surface area contributed by atoms with Gasteiger partial charge in [-0.1, -0.05) is 26.9 Å². The molecule has 0 bridgehead atoms. The van der Waals surface area contributed by atoms with Gasteiger partial charge >= 0.3 is 11.7 Å². The predicted molar refractivity (Wildman–Crippen MR) is 152 cm³/mol. The number of nitro benzene ring substituents is 1. The van der Waals surface area contributed by atoms with Crippen molar-refractivity contribution in [2.75, 3.05) is 0 Å². The molecule has 33 heavy (non-hydrogen) atoms. The molecule has 0 radical (unpaired) electrons. The van der Waals surface area contributed by atoms with Crippen LogP contribution in [0.1, 0.15) is 0 Å². The molecule has 164 valence electrons. The minimum atomic E-state index is -1.10. The second kappa shape index (κ2) is 8.93. The molecule has 0 saturated heterocycles. The molecule has 0 saturated carbocycles. The van der Waals surface area contributed by atoms with Crippen LogP contribution < -0.4 is 10.1 Å². The molecule has 1 aromatic heterocycles. The lowest BCUT2D eigenvalue weighted by molar-refractivity contribution is -0.387. The van der Waals surface area contributed by atoms with Gasteiger partial charge in [0.15, 0.2) is 5.75 Å². The maximum atomic E-state index is 14.0. The van der Waals surface area contributed by atoms with E-state index in [1.54, 1.807) is 0 Å². The lowest BCUT2D eigenvalue weighted by Crippen LogP contribution is -2.72. The van der Waals surface area contributed by atoms with E-state index in [-0.39, 0.29) is 32.0 Å². The Morgan fingerprint density at radius 2 is 1.61 bits per heavy atom. The highest BCUT2D eigenvalue weighted by molar-refractivity contribution is 6.71. The van der Waals surface area contributed by atoms with Gasteiger partial charge in [-0.15, -0.1) is 5.10 Å². The van der Waals surface area contributed by atoms with E-state index < -0.39 is 28.0 Å². The van der Waals surface area contributed by atoms with Crippen LogP contribution in [0.2, 0.25) is 20.4 Å². The van der Waals surface area contributed by atoms with Gasteiger partial charge < -0.3 is 10.1 Å². The molecule has 0 aliphatic rings. The number of aromatic nitrogens is 2. The number of nitrogens with zero attached hydrogens (tertiary/aromatic N) is 3. The summed E-state index contributed by atoms with van der Waals surface area (Å²) < 4.78 is 20.5. The zero-order valence-corrected chi connectivity index (χ0v) is 21.3. The summed E-state index contributed by atoms with van der Waals surface area (Å²) in [7, 11) is 18.8. The van der Waals surface area contributed by atoms with Gasteiger partial charge in [0, 0.05) is 24.4 Å². The largest absolute Gasteiger partial charge is 0.436 e. The number of nitro groups is 1. The first-order chi connectivity index (χ1) is 14.8. The van der Waals surface area contributed by atoms with E-state index >= 15 is 0 Å². The van der Waals surface area contributed by atoms with Crippen LogP contribution in [0.15, 0.2) is 24.4 Å². The second-order valence-electron chi connectivity index (χ2n) is 11.1. The van der Waals surface area contributed by atoms with E-state index in [0.29, 0.717) is 0 Å². The highest BCUT2D eigenvalue weighted by Gasteiger charge is 2.56. The third-order valence-electron chi connectivity index (χ3n) is 5.85. The van der Waals surface area contributed by atoms with Crippen molar-refractivity contribution in [1.29, 1.82) is 0 Å². The number of hydrogen-bond acceptors (Lipinski definition) is 5. The summed E-state index contributed by atoms with van der Waals surface area (Å²) in [5.41, 5.74) is -1.40. The van der Waals surface area contributed by atoms with E-state index in [0.717, 1.165) is 16.8 Å². The van der Waals surface area contributed by atoms with E-state index in [2.05, 4.69) is 81.0 Å². The number of ether oxygens (including phenoxy) is 1. The molecule has 1 amide bonds. The number of nitrogens with one attached hydrogen (secondary N) is 1. The van der Waals surface area contributed by atoms with Gasteiger partial charge in [0.05, 0.1) is 80.6 Å². The minimum Gasteiger partial charge on any atom is -0.436 e. The monoisotopic (exact) mass is 464 g/mol. The third-order valence-corrected chi connectivity index (χ3v) is 6.15. The van der Waals surface area contributed by atoms with Gasteiger partial charge in [0.1, 0.15) is 0 Å². The maximum Gasteiger partial charge on any atom is 0.342 e. The zero-order chi connectivity index (χ0) is 25.6. The number of halogens is 2. The van der Waals surface area contributed by atoms with Crippen LogP contribution in [0.3, 0.4) is 0 Å². The molecule has 8 nitrogen and oxygen atoms in total. The average Bonchev–Trinajstić information content (AvgIpc) is 3.07. The SMILES string of the molecule is BC(B)(B)C(NC(=O)n1ccc(Oc2cc(F)c([N+](=O)[O-])cc2Cl)n1)(C(B)(B)B)C(B)(B)B. The smallest absolute Gasteiger partial charge is 0.342 e. The molecule has 1 heterocycles. The third kappa shape index (κ3) is 5.20. The Labute approximate surface area is 205 Å². The van der Waals surface area contributed by atoms with Crippen molar-refractivity contribution in [2.45, 2.75) is 20.9 Å². The number of rotatable bonds is 7. The van der Waals surface area contributed by atoms with E-state index in [1.807, 2.05) is 0 Å². The van der Waals surface area contributed by atoms with Crippen LogP contribution in [0.5, 0.6) is 11.6 Å². The fourth-order valence-corrected chi connectivity index (χ4v) is 5.68. The summed E-state index contributed by atoms with van der Waals surface area (Å²) in [5.74, 6) is -1.27. The molecule has 0 aliphatic carbocycles. The molecular formula is C14H23B9ClFN4O4. The fraction of sp³-hybridized carbons (Fsp3) is 0.286. The number of carbonyl (C=O) groups is 1. The lowest BCUT2D eigenvalue weighted by atomic mass is 9.12. The van der Waals surface area contributed by atoms with Gasteiger partial charge in [-0.2, -0.15) is 9.07 Å². The van der Waals surface area contributed by atoms with E-state index in [1.165, 1.54) is 12.3 Å². The predicted octanol–water partition coefficient (Wildman–Crippen LogP) is -5.41. The first kappa shape index (κ1) is 27.2. The van der Waals surface area contributed by atoms with Gasteiger partial charge in [0.2, 0.25) is 11.7 Å². The van der Waals surface area contributed by atoms with E-state index in [9.17, 15) is 19.3 Å². The number of benzene rings is 1. The van der Waals surface area contributed by atoms with Crippen molar-refractivity contribution in [1.82, 2.24) is 15.1 Å². The summed E-state index contributed by atoms with van der Waals surface area (Å²) in [6.45, 7) is 0. The van der Waals surface area contributed by atoms with Crippen LogP contribution in [-0.4, -0.2) is 96.9 Å². The van der Waals surface area contributed by atoms with Crippen LogP contribution in [0, 0.1) is 15.9 Å². The molecule has 0 aliphatic heterocycles. The Morgan fingerprint density at radius 1 is 1.09 bits per heavy atom. The summed E-state index contributed by atoms with van der Waals surface area (Å²) in [6, 6.07) is 2.64. The fourth-order valence-electron chi connectivity index (χ4n) is 5.48. The topological polar surface area (TPSA) is 99.3 Å². The Bertz CT molecular complexity index is 1050. The number of amides is 1. The molecule has 2 aromatic rings. The Hall–Kier alpha value is -2.10. The van der Waals surface area contributed by atoms with Crippen LogP contribution in [0.25, 0.3) is 0 Å². The van der Waals surface area contributed by atoms with Crippen LogP contribution >= 0.6 is 11.6 Å². The summed E-state index contributed by atoms with van der Waals surface area (Å²) in [4.78, 5) is 23.3. The molecule has 1 N–H and O–H groups in total. The summed E-state index contributed by atoms with van der Waals surface area (Å²) >= 11 is 5.99. The molecule has 0 atom stereocenters. The molecular weight excluding hydrogens is 440 g/mol. The van der Waals surface area contributed by atoms with Crippen molar-refractivity contribution in [3.8, 4) is 11.6 Å². The van der Waals surface area contributed by atoms with Gasteiger partial charge in [0.25, 0.3) is 0 Å². The highest BCUT2D eigenvalue weighted by atomic mass is 35.5. The number of hydrogen-bond donors (Lipinski definition) is 1. The number of carbonyl (C=O) groups excluding carboxylic acids is 1. The van der Waals surface area contributed by atoms with Crippen molar-refractivity contribution in [3.05, 3.63) is 45.4 Å². The molecule has 19 heteroatoms. The second-order valence-corrected chi connectivity index (χ2v) is 11.5. The Morgan fingerprint density at radius 3 is 2.06 bits per heavy atom. The minimum absolute atomic E-state index is 0.0202. The molecule has 0 fully saturated rings. The summed E-state index contributed by atoms with van der Waals surface area (Å²) in [5, 5.41) is 17.1. The van der Waals surface area contributed by atoms with Gasteiger partial charge in [-0.3, -0.25) is 10.1 Å². The van der Waals surface area contributed by atoms with Gasteiger partial charge in [-0.05, 0) is 5.54 Å².